The SMILES string of the molecule is Cc1ccc(Br)cc1-n1nnnc1N. The van der Waals surface area contributed by atoms with Gasteiger partial charge in [-0.1, -0.05) is 27.1 Å². The molecule has 2 N–H and O–H groups in total. The van der Waals surface area contributed by atoms with E-state index in [0.29, 0.717) is 0 Å². The van der Waals surface area contributed by atoms with Crippen LogP contribution in [0.5, 0.6) is 0 Å². The van der Waals surface area contributed by atoms with Gasteiger partial charge in [-0.2, -0.15) is 4.68 Å². The molecule has 0 radical (unpaired) electrons. The number of benzene rings is 1. The van der Waals surface area contributed by atoms with Gasteiger partial charge in [-0.25, -0.2) is 0 Å². The Balaban J connectivity index is 2.62. The third-order valence-electron chi connectivity index (χ3n) is 1.89. The van der Waals surface area contributed by atoms with Crippen LogP contribution in [0.1, 0.15) is 5.56 Å². The summed E-state index contributed by atoms with van der Waals surface area (Å²) in [6.07, 6.45) is 0. The Morgan fingerprint density at radius 2 is 2.21 bits per heavy atom. The summed E-state index contributed by atoms with van der Waals surface area (Å²) in [5, 5.41) is 10.9. The molecule has 0 atom stereocenters. The van der Waals surface area contributed by atoms with E-state index in [-0.39, 0.29) is 5.95 Å². The summed E-state index contributed by atoms with van der Waals surface area (Å²) in [6.45, 7) is 1.98. The third-order valence-corrected chi connectivity index (χ3v) is 2.39. The number of aromatic nitrogens is 4. The van der Waals surface area contributed by atoms with Gasteiger partial charge in [0, 0.05) is 4.47 Å². The van der Waals surface area contributed by atoms with Gasteiger partial charge >= 0.3 is 0 Å². The van der Waals surface area contributed by atoms with Gasteiger partial charge < -0.3 is 5.73 Å². The number of nitrogens with two attached hydrogens (primary N) is 1. The topological polar surface area (TPSA) is 69.6 Å². The van der Waals surface area contributed by atoms with Gasteiger partial charge in [0.2, 0.25) is 5.95 Å². The third kappa shape index (κ3) is 1.48. The molecular weight excluding hydrogens is 246 g/mol. The van der Waals surface area contributed by atoms with E-state index in [1.807, 2.05) is 25.1 Å². The van der Waals surface area contributed by atoms with E-state index in [1.54, 1.807) is 0 Å². The number of hydrogen-bond acceptors (Lipinski definition) is 4. The largest absolute Gasteiger partial charge is 0.366 e. The van der Waals surface area contributed by atoms with Gasteiger partial charge in [0.05, 0.1) is 5.69 Å². The van der Waals surface area contributed by atoms with Gasteiger partial charge in [-0.05, 0) is 35.0 Å². The molecule has 2 rings (SSSR count). The highest BCUT2D eigenvalue weighted by Crippen LogP contribution is 2.19. The molecule has 0 unspecified atom stereocenters. The normalized spacial score (nSPS) is 10.4. The average molecular weight is 254 g/mol. The Morgan fingerprint density at radius 1 is 1.43 bits per heavy atom. The smallest absolute Gasteiger partial charge is 0.245 e. The molecule has 1 aromatic carbocycles. The Bertz CT molecular complexity index is 465. The summed E-state index contributed by atoms with van der Waals surface area (Å²) in [5.74, 6) is 0.284. The zero-order valence-corrected chi connectivity index (χ0v) is 9.06. The first-order chi connectivity index (χ1) is 6.68. The van der Waals surface area contributed by atoms with Gasteiger partial charge in [-0.3, -0.25) is 0 Å². The van der Waals surface area contributed by atoms with Crippen molar-refractivity contribution in [2.24, 2.45) is 0 Å². The monoisotopic (exact) mass is 253 g/mol. The lowest BCUT2D eigenvalue weighted by Crippen LogP contribution is -2.04. The number of nitrogen functional groups attached to an aromatic ring is 1. The number of rotatable bonds is 1. The first kappa shape index (κ1) is 9.14. The van der Waals surface area contributed by atoms with Crippen LogP contribution in [-0.4, -0.2) is 20.2 Å². The van der Waals surface area contributed by atoms with Crippen molar-refractivity contribution in [2.75, 3.05) is 5.73 Å². The zero-order valence-electron chi connectivity index (χ0n) is 7.48. The van der Waals surface area contributed by atoms with Crippen molar-refractivity contribution < 1.29 is 0 Å². The fraction of sp³-hybridized carbons (Fsp3) is 0.125. The molecule has 5 nitrogen and oxygen atoms in total. The Morgan fingerprint density at radius 3 is 2.86 bits per heavy atom. The second-order valence-corrected chi connectivity index (χ2v) is 3.80. The summed E-state index contributed by atoms with van der Waals surface area (Å²) < 4.78 is 2.47. The van der Waals surface area contributed by atoms with Crippen molar-refractivity contribution >= 4 is 21.9 Å². The first-order valence-electron chi connectivity index (χ1n) is 3.99. The molecule has 0 bridgehead atoms. The Kier molecular flexibility index (Phi) is 2.20. The van der Waals surface area contributed by atoms with E-state index in [2.05, 4.69) is 31.5 Å². The maximum absolute atomic E-state index is 5.60. The average Bonchev–Trinajstić information content (AvgIpc) is 2.56. The van der Waals surface area contributed by atoms with Crippen molar-refractivity contribution in [3.8, 4) is 5.69 Å². The highest BCUT2D eigenvalue weighted by atomic mass is 79.9. The van der Waals surface area contributed by atoms with E-state index in [4.69, 9.17) is 5.73 Å². The summed E-state index contributed by atoms with van der Waals surface area (Å²) >= 11 is 3.38. The second kappa shape index (κ2) is 3.38. The molecule has 1 heterocycles. The highest BCUT2D eigenvalue weighted by molar-refractivity contribution is 9.10. The molecule has 0 amide bonds. The molecule has 0 aliphatic carbocycles. The molecule has 6 heteroatoms. The Hall–Kier alpha value is -1.43. The predicted octanol–water partition coefficient (Wildman–Crippen LogP) is 1.32. The van der Waals surface area contributed by atoms with Crippen molar-refractivity contribution in [1.82, 2.24) is 20.2 Å². The fourth-order valence-corrected chi connectivity index (χ4v) is 1.53. The molecule has 0 spiro atoms. The molecular formula is C8H8BrN5. The van der Waals surface area contributed by atoms with Crippen LogP contribution in [0.25, 0.3) is 5.69 Å². The first-order valence-corrected chi connectivity index (χ1v) is 4.78. The minimum Gasteiger partial charge on any atom is -0.366 e. The standard InChI is InChI=1S/C8H8BrN5/c1-5-2-3-6(9)4-7(5)14-8(10)11-12-13-14/h2-4H,1H3,(H2,10,11,13). The maximum Gasteiger partial charge on any atom is 0.245 e. The fourth-order valence-electron chi connectivity index (χ4n) is 1.18. The lowest BCUT2D eigenvalue weighted by Gasteiger charge is -2.05. The maximum atomic E-state index is 5.60. The quantitative estimate of drug-likeness (QED) is 0.833. The van der Waals surface area contributed by atoms with Crippen LogP contribution in [0.4, 0.5) is 5.95 Å². The van der Waals surface area contributed by atoms with Gasteiger partial charge in [0.1, 0.15) is 0 Å². The van der Waals surface area contributed by atoms with Crippen molar-refractivity contribution in [3.05, 3.63) is 28.2 Å². The molecule has 72 valence electrons. The highest BCUT2D eigenvalue weighted by Gasteiger charge is 2.07. The van der Waals surface area contributed by atoms with Crippen LogP contribution in [-0.2, 0) is 0 Å². The lowest BCUT2D eigenvalue weighted by molar-refractivity contribution is 0.788. The summed E-state index contributed by atoms with van der Waals surface area (Å²) in [6, 6.07) is 5.85. The number of tetrazole rings is 1. The molecule has 0 aliphatic heterocycles. The number of aryl methyl sites for hydroxylation is 1. The molecule has 0 saturated carbocycles. The van der Waals surface area contributed by atoms with Crippen LogP contribution in [0, 0.1) is 6.92 Å². The van der Waals surface area contributed by atoms with Crippen molar-refractivity contribution in [2.45, 2.75) is 6.92 Å². The summed E-state index contributed by atoms with van der Waals surface area (Å²) in [7, 11) is 0. The van der Waals surface area contributed by atoms with Crippen LogP contribution < -0.4 is 5.73 Å². The van der Waals surface area contributed by atoms with E-state index < -0.39 is 0 Å². The van der Waals surface area contributed by atoms with E-state index in [0.717, 1.165) is 15.7 Å². The molecule has 1 aromatic heterocycles. The number of anilines is 1. The molecule has 2 aromatic rings. The zero-order chi connectivity index (χ0) is 10.1. The van der Waals surface area contributed by atoms with Crippen LogP contribution in [0.15, 0.2) is 22.7 Å². The van der Waals surface area contributed by atoms with Crippen molar-refractivity contribution in [3.63, 3.8) is 0 Å². The lowest BCUT2D eigenvalue weighted by atomic mass is 10.2. The predicted molar refractivity (Wildman–Crippen MR) is 56.0 cm³/mol. The van der Waals surface area contributed by atoms with Gasteiger partial charge in [-0.15, -0.1) is 0 Å². The van der Waals surface area contributed by atoms with E-state index in [1.165, 1.54) is 4.68 Å². The molecule has 0 saturated heterocycles. The number of nitrogens with zero attached hydrogens (tertiary/aromatic N) is 4. The van der Waals surface area contributed by atoms with Crippen LogP contribution >= 0.6 is 15.9 Å². The summed E-state index contributed by atoms with van der Waals surface area (Å²) in [4.78, 5) is 0. The summed E-state index contributed by atoms with van der Waals surface area (Å²) in [5.41, 5.74) is 7.54. The van der Waals surface area contributed by atoms with Crippen LogP contribution in [0.3, 0.4) is 0 Å². The molecule has 0 fully saturated rings. The Labute approximate surface area is 89.0 Å². The van der Waals surface area contributed by atoms with Gasteiger partial charge in [0.25, 0.3) is 0 Å². The number of hydrogen-bond donors (Lipinski definition) is 1. The van der Waals surface area contributed by atoms with Crippen molar-refractivity contribution in [1.29, 1.82) is 0 Å². The molecule has 14 heavy (non-hydrogen) atoms. The van der Waals surface area contributed by atoms with Crippen LogP contribution in [0.2, 0.25) is 0 Å². The number of halogens is 1. The second-order valence-electron chi connectivity index (χ2n) is 2.88. The molecule has 0 aliphatic rings. The van der Waals surface area contributed by atoms with E-state index >= 15 is 0 Å². The minimum absolute atomic E-state index is 0.284. The minimum atomic E-state index is 0.284. The van der Waals surface area contributed by atoms with E-state index in [9.17, 15) is 0 Å². The van der Waals surface area contributed by atoms with Gasteiger partial charge in [0.15, 0.2) is 0 Å².